The van der Waals surface area contributed by atoms with E-state index in [1.165, 1.54) is 11.1 Å². The molecule has 0 saturated heterocycles. The molecule has 3 heteroatoms. The zero-order chi connectivity index (χ0) is 17.1. The second-order valence-corrected chi connectivity index (χ2v) is 7.42. The van der Waals surface area contributed by atoms with Crippen molar-refractivity contribution in [1.29, 1.82) is 0 Å². The van der Waals surface area contributed by atoms with Crippen molar-refractivity contribution in [3.8, 4) is 0 Å². The first-order valence-electron chi connectivity index (χ1n) is 8.49. The Morgan fingerprint density at radius 3 is 1.75 bits per heavy atom. The van der Waals surface area contributed by atoms with Crippen molar-refractivity contribution in [3.63, 3.8) is 0 Å². The minimum absolute atomic E-state index is 0.518. The van der Waals surface area contributed by atoms with Gasteiger partial charge in [-0.1, -0.05) is 64.1 Å². The van der Waals surface area contributed by atoms with Crippen LogP contribution in [0.2, 0.25) is 0 Å². The van der Waals surface area contributed by atoms with Crippen LogP contribution in [-0.4, -0.2) is 15.8 Å². The van der Waals surface area contributed by atoms with Crippen molar-refractivity contribution < 1.29 is 8.54 Å². The summed E-state index contributed by atoms with van der Waals surface area (Å²) in [7, 11) is -0.518. The predicted molar refractivity (Wildman–Crippen MR) is 102 cm³/mol. The second-order valence-electron chi connectivity index (χ2n) is 6.76. The molecule has 2 aromatic carbocycles. The molecule has 1 aliphatic rings. The van der Waals surface area contributed by atoms with Crippen LogP contribution in [0.15, 0.2) is 54.6 Å². The highest BCUT2D eigenvalue weighted by molar-refractivity contribution is 6.25. The van der Waals surface area contributed by atoms with Gasteiger partial charge in [-0.25, -0.2) is 0 Å². The van der Waals surface area contributed by atoms with E-state index < -0.39 is 10.0 Å². The summed E-state index contributed by atoms with van der Waals surface area (Å²) < 4.78 is 11.6. The molecule has 0 saturated carbocycles. The van der Waals surface area contributed by atoms with E-state index in [2.05, 4.69) is 76.2 Å². The van der Waals surface area contributed by atoms with Crippen LogP contribution in [0, 0.1) is 0 Å². The van der Waals surface area contributed by atoms with E-state index in [4.69, 9.17) is 8.54 Å². The molecular weight excluding hydrogens is 312 g/mol. The van der Waals surface area contributed by atoms with E-state index in [9.17, 15) is 0 Å². The Bertz CT molecular complexity index is 753. The molecule has 0 spiro atoms. The number of benzene rings is 2. The molecule has 0 bridgehead atoms. The predicted octanol–water partition coefficient (Wildman–Crippen LogP) is 4.99. The lowest BCUT2D eigenvalue weighted by atomic mass is 9.99. The molecule has 1 aliphatic heterocycles. The number of ketones is 1. The fourth-order valence-corrected chi connectivity index (χ4v) is 3.35. The van der Waals surface area contributed by atoms with E-state index in [0.717, 1.165) is 22.7 Å². The highest BCUT2D eigenvalue weighted by Crippen LogP contribution is 2.23. The molecule has 0 N–H and O–H groups in total. The Morgan fingerprint density at radius 2 is 1.25 bits per heavy atom. The first-order valence-corrected chi connectivity index (χ1v) is 9.43. The number of hydrogen-bond acceptors (Lipinski definition) is 1. The molecule has 124 valence electrons. The van der Waals surface area contributed by atoms with E-state index in [1.54, 1.807) is 0 Å². The zero-order valence-electron chi connectivity index (χ0n) is 14.7. The first kappa shape index (κ1) is 16.7. The average Bonchev–Trinajstić information content (AvgIpc) is 2.62. The van der Waals surface area contributed by atoms with Crippen molar-refractivity contribution in [1.82, 2.24) is 0 Å². The Labute approximate surface area is 146 Å². The van der Waals surface area contributed by atoms with Crippen LogP contribution in [0.4, 0.5) is 0 Å². The van der Waals surface area contributed by atoms with Gasteiger partial charge in [0.05, 0.1) is 17.4 Å². The smallest absolute Gasteiger partial charge is 0.440 e. The Morgan fingerprint density at radius 1 is 0.750 bits per heavy atom. The van der Waals surface area contributed by atoms with Crippen molar-refractivity contribution in [2.24, 2.45) is 0 Å². The molecule has 0 aromatic heterocycles. The summed E-state index contributed by atoms with van der Waals surface area (Å²) >= 11 is 0. The highest BCUT2D eigenvalue weighted by atomic mass is 28.2. The van der Waals surface area contributed by atoms with Crippen LogP contribution in [0.3, 0.4) is 0 Å². The van der Waals surface area contributed by atoms with Crippen LogP contribution < -0.4 is 0 Å². The quantitative estimate of drug-likeness (QED) is 0.569. The molecule has 0 radical (unpaired) electrons. The Kier molecular flexibility index (Phi) is 5.00. The van der Waals surface area contributed by atoms with Crippen LogP contribution >= 0.6 is 0 Å². The monoisotopic (exact) mass is 336 g/mol. The van der Waals surface area contributed by atoms with Gasteiger partial charge < -0.3 is 8.54 Å². The molecule has 0 amide bonds. The maximum Gasteiger partial charge on any atom is 0.440 e. The van der Waals surface area contributed by atoms with E-state index >= 15 is 0 Å². The minimum atomic E-state index is -0.518. The second kappa shape index (κ2) is 7.18. The summed E-state index contributed by atoms with van der Waals surface area (Å²) in [6, 6.07) is 17.2. The van der Waals surface area contributed by atoms with E-state index in [0.29, 0.717) is 11.8 Å². The molecule has 0 unspecified atom stereocenters. The summed E-state index contributed by atoms with van der Waals surface area (Å²) in [5.41, 5.74) is 4.89. The zero-order valence-corrected chi connectivity index (χ0v) is 15.9. The SMILES string of the molecule is CC(C)c1ccc(C2=CC(c3ccc(C(C)C)cc3)=[O+][SiH-]O2)cc1. The topological polar surface area (TPSA) is 20.5 Å². The maximum atomic E-state index is 5.78. The number of allylic oxidation sites excluding steroid dienone is 1. The van der Waals surface area contributed by atoms with Gasteiger partial charge in [-0.05, 0) is 35.1 Å². The average molecular weight is 337 g/mol. The molecule has 2 nitrogen and oxygen atoms in total. The Balaban J connectivity index is 1.84. The molecule has 2 aromatic rings. The normalized spacial score (nSPS) is 14.1. The van der Waals surface area contributed by atoms with Gasteiger partial charge in [-0.3, -0.25) is 0 Å². The summed E-state index contributed by atoms with van der Waals surface area (Å²) in [5.74, 6) is 2.87. The van der Waals surface area contributed by atoms with Gasteiger partial charge in [-0.15, -0.1) is 0 Å². The summed E-state index contributed by atoms with van der Waals surface area (Å²) in [6.07, 6.45) is 2.01. The molecular formula is C21H24O2Si. The molecule has 3 rings (SSSR count). The van der Waals surface area contributed by atoms with Gasteiger partial charge in [0.2, 0.25) is 0 Å². The lowest BCUT2D eigenvalue weighted by Crippen LogP contribution is -2.11. The summed E-state index contributed by atoms with van der Waals surface area (Å²) in [6.45, 7) is 8.82. The third kappa shape index (κ3) is 3.67. The van der Waals surface area contributed by atoms with Crippen molar-refractivity contribution >= 4 is 21.5 Å². The third-order valence-electron chi connectivity index (χ3n) is 4.34. The van der Waals surface area contributed by atoms with Crippen LogP contribution in [0.5, 0.6) is 0 Å². The van der Waals surface area contributed by atoms with Crippen molar-refractivity contribution in [2.75, 3.05) is 0 Å². The van der Waals surface area contributed by atoms with E-state index in [-0.39, 0.29) is 0 Å². The Hall–Kier alpha value is -2.13. The van der Waals surface area contributed by atoms with Gasteiger partial charge in [-0.2, -0.15) is 0 Å². The number of hydrogen-bond donors (Lipinski definition) is 0. The van der Waals surface area contributed by atoms with Gasteiger partial charge >= 0.3 is 10.0 Å². The number of carbonyl (C=O) groups excluding carboxylic acids is 1. The molecule has 0 aliphatic carbocycles. The number of rotatable bonds is 4. The summed E-state index contributed by atoms with van der Waals surface area (Å²) in [5, 5.41) is 0. The largest absolute Gasteiger partial charge is 0.618 e. The van der Waals surface area contributed by atoms with Crippen molar-refractivity contribution in [2.45, 2.75) is 39.5 Å². The van der Waals surface area contributed by atoms with Crippen LogP contribution in [-0.2, 0) is 4.43 Å². The maximum absolute atomic E-state index is 5.78. The lowest BCUT2D eigenvalue weighted by Gasteiger charge is -2.16. The van der Waals surface area contributed by atoms with Crippen molar-refractivity contribution in [3.05, 3.63) is 76.9 Å². The third-order valence-corrected chi connectivity index (χ3v) is 5.04. The molecule has 24 heavy (non-hydrogen) atoms. The van der Waals surface area contributed by atoms with Crippen LogP contribution in [0.25, 0.3) is 5.76 Å². The van der Waals surface area contributed by atoms with Crippen LogP contribution in [0.1, 0.15) is 65.9 Å². The molecule has 0 fully saturated rings. The van der Waals surface area contributed by atoms with E-state index in [1.807, 2.05) is 6.08 Å². The summed E-state index contributed by atoms with van der Waals surface area (Å²) in [4.78, 5) is 0. The van der Waals surface area contributed by atoms with Gasteiger partial charge in [0.1, 0.15) is 0 Å². The fraction of sp³-hybridized carbons (Fsp3) is 0.286. The minimum Gasteiger partial charge on any atom is -0.618 e. The highest BCUT2D eigenvalue weighted by Gasteiger charge is 2.17. The molecule has 1 heterocycles. The fourth-order valence-electron chi connectivity index (χ4n) is 2.68. The first-order chi connectivity index (χ1) is 11.5. The van der Waals surface area contributed by atoms with Gasteiger partial charge in [0.15, 0.2) is 0 Å². The molecule has 0 atom stereocenters. The standard InChI is InChI=1S/C21H24O2Si/c1-14(2)16-5-9-18(10-6-16)20-13-21(23-24-22-20)19-11-7-17(8-12-19)15(3)4/h5-15,24H,1-4H3. The van der Waals surface area contributed by atoms with Gasteiger partial charge in [0, 0.05) is 5.56 Å². The van der Waals surface area contributed by atoms with Gasteiger partial charge in [0.25, 0.3) is 5.78 Å². The lowest BCUT2D eigenvalue weighted by molar-refractivity contribution is -0.101.